The molecule has 0 saturated heterocycles. The summed E-state index contributed by atoms with van der Waals surface area (Å²) in [4.78, 5) is 0. The van der Waals surface area contributed by atoms with E-state index in [2.05, 4.69) is 26.2 Å². The van der Waals surface area contributed by atoms with Crippen LogP contribution in [0.1, 0.15) is 19.3 Å². The predicted octanol–water partition coefficient (Wildman–Crippen LogP) is 3.68. The monoisotopic (exact) mass is 156 g/mol. The molecule has 0 aliphatic heterocycles. The van der Waals surface area contributed by atoms with E-state index in [1.807, 2.05) is 6.08 Å². The lowest BCUT2D eigenvalue weighted by atomic mass is 10.2. The zero-order valence-electron chi connectivity index (χ0n) is 7.61. The number of rotatable bonds is 5. The largest absolute Gasteiger partial charge is 0.103 e. The van der Waals surface area contributed by atoms with Crippen LogP contribution in [-0.2, 0) is 0 Å². The summed E-state index contributed by atoms with van der Waals surface area (Å²) in [7, 11) is -0.742. The van der Waals surface area contributed by atoms with E-state index in [0.717, 1.165) is 0 Å². The van der Waals surface area contributed by atoms with Gasteiger partial charge in [-0.25, -0.2) is 0 Å². The van der Waals surface area contributed by atoms with Crippen molar-refractivity contribution in [2.24, 2.45) is 0 Å². The SMILES string of the molecule is C=CCCCC[Si](C)(C)C. The van der Waals surface area contributed by atoms with Gasteiger partial charge < -0.3 is 0 Å². The molecule has 0 fully saturated rings. The van der Waals surface area contributed by atoms with Crippen LogP contribution in [-0.4, -0.2) is 8.07 Å². The highest BCUT2D eigenvalue weighted by Crippen LogP contribution is 2.13. The summed E-state index contributed by atoms with van der Waals surface area (Å²) >= 11 is 0. The molecular formula is C9H20Si. The molecule has 0 heterocycles. The summed E-state index contributed by atoms with van der Waals surface area (Å²) in [6, 6.07) is 1.47. The zero-order valence-corrected chi connectivity index (χ0v) is 8.61. The molecule has 0 spiro atoms. The Hall–Kier alpha value is -0.0431. The highest BCUT2D eigenvalue weighted by molar-refractivity contribution is 6.76. The van der Waals surface area contributed by atoms with Crippen molar-refractivity contribution < 1.29 is 0 Å². The molecule has 0 aliphatic rings. The Morgan fingerprint density at radius 2 is 1.80 bits per heavy atom. The first-order valence-corrected chi connectivity index (χ1v) is 7.88. The van der Waals surface area contributed by atoms with Crippen molar-refractivity contribution in [1.82, 2.24) is 0 Å². The number of unbranched alkanes of at least 4 members (excludes halogenated alkanes) is 2. The predicted molar refractivity (Wildman–Crippen MR) is 52.2 cm³/mol. The maximum absolute atomic E-state index is 3.71. The van der Waals surface area contributed by atoms with Gasteiger partial charge in [-0.15, -0.1) is 6.58 Å². The average Bonchev–Trinajstić information content (AvgIpc) is 1.78. The van der Waals surface area contributed by atoms with Crippen molar-refractivity contribution in [3.8, 4) is 0 Å². The maximum atomic E-state index is 3.71. The normalized spacial score (nSPS) is 11.5. The van der Waals surface area contributed by atoms with Crippen molar-refractivity contribution in [3.05, 3.63) is 12.7 Å². The molecule has 0 aromatic carbocycles. The Balaban J connectivity index is 3.12. The molecule has 1 heteroatoms. The lowest BCUT2D eigenvalue weighted by Crippen LogP contribution is -2.18. The Bertz CT molecular complexity index is 89.4. The van der Waals surface area contributed by atoms with Crippen molar-refractivity contribution in [2.45, 2.75) is 44.9 Å². The highest BCUT2D eigenvalue weighted by Gasteiger charge is 2.10. The maximum Gasteiger partial charge on any atom is 0.0442 e. The van der Waals surface area contributed by atoms with E-state index in [4.69, 9.17) is 0 Å². The van der Waals surface area contributed by atoms with Crippen LogP contribution in [0, 0.1) is 0 Å². The van der Waals surface area contributed by atoms with Crippen molar-refractivity contribution in [3.63, 3.8) is 0 Å². The van der Waals surface area contributed by atoms with E-state index < -0.39 is 8.07 Å². The molecule has 0 saturated carbocycles. The molecule has 0 nitrogen and oxygen atoms in total. The molecule has 0 unspecified atom stereocenters. The second kappa shape index (κ2) is 4.72. The van der Waals surface area contributed by atoms with Crippen molar-refractivity contribution in [1.29, 1.82) is 0 Å². The molecular weight excluding hydrogens is 136 g/mol. The Labute approximate surface area is 66.4 Å². The van der Waals surface area contributed by atoms with Crippen LogP contribution < -0.4 is 0 Å². The summed E-state index contributed by atoms with van der Waals surface area (Å²) in [5.74, 6) is 0. The molecule has 0 rings (SSSR count). The van der Waals surface area contributed by atoms with Crippen LogP contribution in [0.15, 0.2) is 12.7 Å². The van der Waals surface area contributed by atoms with Crippen LogP contribution in [0.4, 0.5) is 0 Å². The van der Waals surface area contributed by atoms with Gasteiger partial charge in [0.2, 0.25) is 0 Å². The van der Waals surface area contributed by atoms with Gasteiger partial charge in [-0.2, -0.15) is 0 Å². The van der Waals surface area contributed by atoms with Gasteiger partial charge in [0.05, 0.1) is 0 Å². The summed E-state index contributed by atoms with van der Waals surface area (Å²) < 4.78 is 0. The van der Waals surface area contributed by atoms with Crippen LogP contribution in [0.5, 0.6) is 0 Å². The zero-order chi connectivity index (χ0) is 8.04. The van der Waals surface area contributed by atoms with Crippen LogP contribution in [0.3, 0.4) is 0 Å². The van der Waals surface area contributed by atoms with Crippen LogP contribution in [0.2, 0.25) is 25.7 Å². The van der Waals surface area contributed by atoms with Crippen molar-refractivity contribution in [2.75, 3.05) is 0 Å². The molecule has 0 radical (unpaired) electrons. The van der Waals surface area contributed by atoms with E-state index in [1.54, 1.807) is 0 Å². The van der Waals surface area contributed by atoms with E-state index in [0.29, 0.717) is 0 Å². The third-order valence-corrected chi connectivity index (χ3v) is 3.44. The van der Waals surface area contributed by atoms with Crippen LogP contribution in [0.25, 0.3) is 0 Å². The molecule has 0 bridgehead atoms. The highest BCUT2D eigenvalue weighted by atomic mass is 28.3. The van der Waals surface area contributed by atoms with E-state index in [1.165, 1.54) is 25.3 Å². The minimum absolute atomic E-state index is 0.742. The first kappa shape index (κ1) is 9.96. The molecule has 60 valence electrons. The van der Waals surface area contributed by atoms with Gasteiger partial charge in [-0.1, -0.05) is 44.6 Å². The van der Waals surface area contributed by atoms with Crippen molar-refractivity contribution >= 4 is 8.07 Å². The lowest BCUT2D eigenvalue weighted by Gasteiger charge is -2.14. The van der Waals surface area contributed by atoms with E-state index in [-0.39, 0.29) is 0 Å². The van der Waals surface area contributed by atoms with Crippen LogP contribution >= 0.6 is 0 Å². The molecule has 0 aromatic heterocycles. The van der Waals surface area contributed by atoms with E-state index in [9.17, 15) is 0 Å². The summed E-state index contributed by atoms with van der Waals surface area (Å²) in [6.07, 6.45) is 5.96. The van der Waals surface area contributed by atoms with Gasteiger partial charge in [0.15, 0.2) is 0 Å². The second-order valence-corrected chi connectivity index (χ2v) is 9.72. The standard InChI is InChI=1S/C9H20Si/c1-5-6-7-8-9-10(2,3)4/h5H,1,6-9H2,2-4H3. The fourth-order valence-corrected chi connectivity index (χ4v) is 2.25. The summed E-state index contributed by atoms with van der Waals surface area (Å²) in [5.41, 5.74) is 0. The van der Waals surface area contributed by atoms with Gasteiger partial charge >= 0.3 is 0 Å². The molecule has 10 heavy (non-hydrogen) atoms. The molecule has 0 amide bonds. The Morgan fingerprint density at radius 3 is 2.20 bits per heavy atom. The topological polar surface area (TPSA) is 0 Å². The Kier molecular flexibility index (Phi) is 4.70. The molecule has 0 aliphatic carbocycles. The minimum Gasteiger partial charge on any atom is -0.103 e. The van der Waals surface area contributed by atoms with Gasteiger partial charge in [-0.3, -0.25) is 0 Å². The second-order valence-electron chi connectivity index (χ2n) is 4.10. The Morgan fingerprint density at radius 1 is 1.20 bits per heavy atom. The molecule has 0 aromatic rings. The first-order chi connectivity index (χ1) is 4.56. The number of hydrogen-bond donors (Lipinski definition) is 0. The summed E-state index contributed by atoms with van der Waals surface area (Å²) in [6.45, 7) is 11.0. The third kappa shape index (κ3) is 7.96. The molecule has 0 atom stereocenters. The molecule has 0 N–H and O–H groups in total. The average molecular weight is 156 g/mol. The van der Waals surface area contributed by atoms with E-state index >= 15 is 0 Å². The summed E-state index contributed by atoms with van der Waals surface area (Å²) in [5, 5.41) is 0. The smallest absolute Gasteiger partial charge is 0.0442 e. The lowest BCUT2D eigenvalue weighted by molar-refractivity contribution is 0.804. The first-order valence-electron chi connectivity index (χ1n) is 4.17. The minimum atomic E-state index is -0.742. The fraction of sp³-hybridized carbons (Fsp3) is 0.778. The third-order valence-electron chi connectivity index (χ3n) is 1.59. The van der Waals surface area contributed by atoms with Gasteiger partial charge in [-0.05, 0) is 6.42 Å². The number of hydrogen-bond acceptors (Lipinski definition) is 0. The number of allylic oxidation sites excluding steroid dienone is 1. The fourth-order valence-electron chi connectivity index (χ4n) is 0.944. The van der Waals surface area contributed by atoms with Gasteiger partial charge in [0.1, 0.15) is 0 Å². The quantitative estimate of drug-likeness (QED) is 0.323. The van der Waals surface area contributed by atoms with Gasteiger partial charge in [0.25, 0.3) is 0 Å². The van der Waals surface area contributed by atoms with Gasteiger partial charge in [0, 0.05) is 8.07 Å².